The Kier molecular flexibility index (Phi) is 6.73. The molecule has 2 atom stereocenters. The van der Waals surface area contributed by atoms with E-state index in [4.69, 9.17) is 10.8 Å². The predicted molar refractivity (Wildman–Crippen MR) is 77.0 cm³/mol. The van der Waals surface area contributed by atoms with Crippen LogP contribution in [0.5, 0.6) is 0 Å². The molecular formula is C15H22N2O3. The number of nitrogens with one attached hydrogen (secondary N) is 1. The first kappa shape index (κ1) is 16.2. The van der Waals surface area contributed by atoms with Crippen LogP contribution in [0, 0.1) is 5.92 Å². The minimum absolute atomic E-state index is 0.156. The third kappa shape index (κ3) is 5.40. The maximum absolute atomic E-state index is 11.7. The van der Waals surface area contributed by atoms with Crippen LogP contribution in [0.1, 0.15) is 37.8 Å². The highest BCUT2D eigenvalue weighted by atomic mass is 16.4. The zero-order chi connectivity index (χ0) is 15.0. The molecule has 0 aliphatic heterocycles. The van der Waals surface area contributed by atoms with E-state index in [0.29, 0.717) is 19.3 Å². The molecule has 1 aromatic carbocycles. The molecule has 0 bridgehead atoms. The van der Waals surface area contributed by atoms with Crippen LogP contribution in [-0.4, -0.2) is 23.5 Å². The Balaban J connectivity index is 2.31. The van der Waals surface area contributed by atoms with E-state index in [9.17, 15) is 9.59 Å². The van der Waals surface area contributed by atoms with Crippen molar-refractivity contribution in [2.75, 3.05) is 6.54 Å². The van der Waals surface area contributed by atoms with E-state index in [0.717, 1.165) is 5.56 Å². The average Bonchev–Trinajstić information content (AvgIpc) is 2.46. The van der Waals surface area contributed by atoms with Gasteiger partial charge in [0.2, 0.25) is 5.91 Å². The molecule has 0 saturated heterocycles. The fourth-order valence-electron chi connectivity index (χ4n) is 1.89. The zero-order valence-corrected chi connectivity index (χ0v) is 11.7. The summed E-state index contributed by atoms with van der Waals surface area (Å²) in [5.41, 5.74) is 7.00. The molecule has 1 rings (SSSR count). The predicted octanol–water partition coefficient (Wildman–Crippen LogP) is 1.69. The fraction of sp³-hybridized carbons (Fsp3) is 0.467. The second-order valence-electron chi connectivity index (χ2n) is 4.80. The van der Waals surface area contributed by atoms with Crippen molar-refractivity contribution in [1.29, 1.82) is 0 Å². The monoisotopic (exact) mass is 278 g/mol. The first-order valence-electron chi connectivity index (χ1n) is 6.84. The minimum Gasteiger partial charge on any atom is -0.481 e. The van der Waals surface area contributed by atoms with Crippen molar-refractivity contribution >= 4 is 11.9 Å². The normalized spacial score (nSPS) is 13.5. The van der Waals surface area contributed by atoms with Crippen molar-refractivity contribution in [1.82, 2.24) is 5.32 Å². The Morgan fingerprint density at radius 3 is 2.50 bits per heavy atom. The molecule has 2 unspecified atom stereocenters. The molecule has 5 heteroatoms. The number of carboxylic acids is 1. The summed E-state index contributed by atoms with van der Waals surface area (Å²) < 4.78 is 0. The first-order chi connectivity index (χ1) is 9.54. The molecule has 1 amide bonds. The molecule has 0 aliphatic carbocycles. The molecule has 110 valence electrons. The quantitative estimate of drug-likeness (QED) is 0.674. The van der Waals surface area contributed by atoms with E-state index in [1.807, 2.05) is 30.3 Å². The lowest BCUT2D eigenvalue weighted by molar-refractivity contribution is -0.141. The van der Waals surface area contributed by atoms with Gasteiger partial charge in [-0.2, -0.15) is 0 Å². The molecule has 0 spiro atoms. The summed E-state index contributed by atoms with van der Waals surface area (Å²) in [6.07, 6.45) is 1.34. The Bertz CT molecular complexity index is 434. The number of carbonyl (C=O) groups excluding carboxylic acids is 1. The number of hydrogen-bond donors (Lipinski definition) is 3. The summed E-state index contributed by atoms with van der Waals surface area (Å²) in [5.74, 6) is -1.56. The van der Waals surface area contributed by atoms with E-state index in [1.165, 1.54) is 0 Å². The van der Waals surface area contributed by atoms with Crippen molar-refractivity contribution in [3.63, 3.8) is 0 Å². The van der Waals surface area contributed by atoms with Gasteiger partial charge in [0.25, 0.3) is 0 Å². The molecule has 20 heavy (non-hydrogen) atoms. The fourth-order valence-corrected chi connectivity index (χ4v) is 1.89. The summed E-state index contributed by atoms with van der Waals surface area (Å²) in [6, 6.07) is 9.42. The molecule has 5 nitrogen and oxygen atoms in total. The molecule has 0 aliphatic rings. The van der Waals surface area contributed by atoms with E-state index in [-0.39, 0.29) is 18.5 Å². The highest BCUT2D eigenvalue weighted by Crippen LogP contribution is 2.14. The second-order valence-corrected chi connectivity index (χ2v) is 4.80. The second kappa shape index (κ2) is 8.32. The molecule has 0 saturated carbocycles. The lowest BCUT2D eigenvalue weighted by atomic mass is 10.0. The van der Waals surface area contributed by atoms with Crippen LogP contribution in [0.3, 0.4) is 0 Å². The van der Waals surface area contributed by atoms with Crippen LogP contribution in [-0.2, 0) is 9.59 Å². The molecule has 4 N–H and O–H groups in total. The van der Waals surface area contributed by atoms with Gasteiger partial charge < -0.3 is 16.2 Å². The summed E-state index contributed by atoms with van der Waals surface area (Å²) in [5, 5.41) is 11.5. The number of hydrogen-bond acceptors (Lipinski definition) is 3. The van der Waals surface area contributed by atoms with Gasteiger partial charge in [-0.25, -0.2) is 0 Å². The molecule has 0 aromatic heterocycles. The summed E-state index contributed by atoms with van der Waals surface area (Å²) >= 11 is 0. The van der Waals surface area contributed by atoms with Gasteiger partial charge in [-0.05, 0) is 18.4 Å². The van der Waals surface area contributed by atoms with Crippen molar-refractivity contribution in [3.8, 4) is 0 Å². The third-order valence-electron chi connectivity index (χ3n) is 3.30. The van der Waals surface area contributed by atoms with Crippen molar-refractivity contribution in [3.05, 3.63) is 35.9 Å². The Morgan fingerprint density at radius 1 is 1.30 bits per heavy atom. The standard InChI is InChI=1S/C15H22N2O3/c1-2-11(15(19)20)10-17-14(18)9-8-13(16)12-6-4-3-5-7-12/h3-7,11,13H,2,8-10,16H2,1H3,(H,17,18)(H,19,20). The van der Waals surface area contributed by atoms with E-state index in [1.54, 1.807) is 6.92 Å². The minimum atomic E-state index is -0.881. The van der Waals surface area contributed by atoms with Gasteiger partial charge in [-0.1, -0.05) is 37.3 Å². The van der Waals surface area contributed by atoms with Gasteiger partial charge in [0, 0.05) is 19.0 Å². The molecule has 1 aromatic rings. The Morgan fingerprint density at radius 2 is 1.95 bits per heavy atom. The zero-order valence-electron chi connectivity index (χ0n) is 11.7. The van der Waals surface area contributed by atoms with Gasteiger partial charge in [0.05, 0.1) is 5.92 Å². The van der Waals surface area contributed by atoms with E-state index in [2.05, 4.69) is 5.32 Å². The number of nitrogens with two attached hydrogens (primary N) is 1. The van der Waals surface area contributed by atoms with Gasteiger partial charge in [-0.15, -0.1) is 0 Å². The third-order valence-corrected chi connectivity index (χ3v) is 3.30. The molecular weight excluding hydrogens is 256 g/mol. The van der Waals surface area contributed by atoms with Crippen LogP contribution in [0.4, 0.5) is 0 Å². The lowest BCUT2D eigenvalue weighted by Crippen LogP contribution is -2.32. The summed E-state index contributed by atoms with van der Waals surface area (Å²) in [6.45, 7) is 1.96. The smallest absolute Gasteiger partial charge is 0.308 e. The summed E-state index contributed by atoms with van der Waals surface area (Å²) in [7, 11) is 0. The number of benzene rings is 1. The van der Waals surface area contributed by atoms with Crippen molar-refractivity contribution in [2.24, 2.45) is 11.7 Å². The highest BCUT2D eigenvalue weighted by Gasteiger charge is 2.16. The van der Waals surface area contributed by atoms with Crippen LogP contribution >= 0.6 is 0 Å². The number of amides is 1. The summed E-state index contributed by atoms with van der Waals surface area (Å²) in [4.78, 5) is 22.5. The van der Waals surface area contributed by atoms with Gasteiger partial charge in [0.15, 0.2) is 0 Å². The highest BCUT2D eigenvalue weighted by molar-refractivity contribution is 5.77. The molecule has 0 fully saturated rings. The SMILES string of the molecule is CCC(CNC(=O)CCC(N)c1ccccc1)C(=O)O. The number of carboxylic acid groups (broad SMARTS) is 1. The van der Waals surface area contributed by atoms with E-state index >= 15 is 0 Å². The lowest BCUT2D eigenvalue weighted by Gasteiger charge is -2.13. The Labute approximate surface area is 119 Å². The Hall–Kier alpha value is -1.88. The first-order valence-corrected chi connectivity index (χ1v) is 6.84. The maximum atomic E-state index is 11.7. The van der Waals surface area contributed by atoms with Crippen molar-refractivity contribution < 1.29 is 14.7 Å². The maximum Gasteiger partial charge on any atom is 0.308 e. The topological polar surface area (TPSA) is 92.4 Å². The largest absolute Gasteiger partial charge is 0.481 e. The molecule has 0 heterocycles. The van der Waals surface area contributed by atoms with Crippen LogP contribution < -0.4 is 11.1 Å². The van der Waals surface area contributed by atoms with Crippen LogP contribution in [0.25, 0.3) is 0 Å². The van der Waals surface area contributed by atoms with Gasteiger partial charge in [-0.3, -0.25) is 9.59 Å². The average molecular weight is 278 g/mol. The van der Waals surface area contributed by atoms with Gasteiger partial charge in [0.1, 0.15) is 0 Å². The van der Waals surface area contributed by atoms with Crippen LogP contribution in [0.2, 0.25) is 0 Å². The van der Waals surface area contributed by atoms with Crippen molar-refractivity contribution in [2.45, 2.75) is 32.2 Å². The van der Waals surface area contributed by atoms with Crippen LogP contribution in [0.15, 0.2) is 30.3 Å². The number of aliphatic carboxylic acids is 1. The number of carbonyl (C=O) groups is 2. The number of rotatable bonds is 8. The molecule has 0 radical (unpaired) electrons. The van der Waals surface area contributed by atoms with E-state index < -0.39 is 11.9 Å². The van der Waals surface area contributed by atoms with Gasteiger partial charge >= 0.3 is 5.97 Å².